The zero-order valence-electron chi connectivity index (χ0n) is 13.7. The fourth-order valence-electron chi connectivity index (χ4n) is 3.27. The third-order valence-corrected chi connectivity index (χ3v) is 4.57. The Morgan fingerprint density at radius 2 is 1.75 bits per heavy atom. The molecule has 6 nitrogen and oxygen atoms in total. The van der Waals surface area contributed by atoms with Crippen LogP contribution in [0, 0.1) is 0 Å². The molecule has 1 aromatic heterocycles. The molecule has 128 valence electrons. The van der Waals surface area contributed by atoms with Crippen molar-refractivity contribution >= 4 is 22.7 Å². The molecule has 5 N–H and O–H groups in total. The highest BCUT2D eigenvalue weighted by atomic mass is 16.2. The van der Waals surface area contributed by atoms with Crippen molar-refractivity contribution in [1.82, 2.24) is 15.6 Å². The van der Waals surface area contributed by atoms with E-state index < -0.39 is 0 Å². The van der Waals surface area contributed by atoms with Gasteiger partial charge in [-0.05, 0) is 37.8 Å². The Labute approximate surface area is 141 Å². The van der Waals surface area contributed by atoms with Crippen LogP contribution in [0.1, 0.15) is 42.6 Å². The molecular weight excluding hydrogens is 304 g/mol. The largest absolute Gasteiger partial charge is 0.353 e. The van der Waals surface area contributed by atoms with Crippen molar-refractivity contribution in [3.63, 3.8) is 0 Å². The summed E-state index contributed by atoms with van der Waals surface area (Å²) >= 11 is 0. The molecule has 0 radical (unpaired) electrons. The van der Waals surface area contributed by atoms with Crippen molar-refractivity contribution < 1.29 is 9.59 Å². The second kappa shape index (κ2) is 7.49. The molecule has 0 atom stereocenters. The maximum Gasteiger partial charge on any atom is 0.267 e. The van der Waals surface area contributed by atoms with Gasteiger partial charge in [0.25, 0.3) is 5.91 Å². The minimum atomic E-state index is -0.0678. The molecule has 1 saturated carbocycles. The number of para-hydroxylation sites is 1. The van der Waals surface area contributed by atoms with E-state index in [4.69, 9.17) is 5.73 Å². The number of rotatable bonds is 5. The van der Waals surface area contributed by atoms with Gasteiger partial charge in [0.2, 0.25) is 5.91 Å². The number of aromatic amines is 1. The molecule has 1 aliphatic rings. The lowest BCUT2D eigenvalue weighted by atomic mass is 9.91. The number of nitrogens with one attached hydrogen (secondary N) is 3. The van der Waals surface area contributed by atoms with Crippen molar-refractivity contribution in [3.05, 3.63) is 36.0 Å². The molecule has 0 aliphatic heterocycles. The van der Waals surface area contributed by atoms with E-state index in [1.807, 2.05) is 30.3 Å². The molecule has 1 fully saturated rings. The van der Waals surface area contributed by atoms with Crippen LogP contribution in [0.3, 0.4) is 0 Å². The van der Waals surface area contributed by atoms with E-state index in [1.54, 1.807) is 0 Å². The minimum absolute atomic E-state index is 0.0167. The standard InChI is InChI=1S/C18H24N4O2/c19-10-9-17(23)20-13-5-7-14(8-6-13)21-18(24)16-11-12-3-1-2-4-15(12)22-16/h1-4,11,13-14,22H,5-10,19H2,(H,20,23)(H,21,24)/t13-,14-. The Kier molecular flexibility index (Phi) is 5.15. The van der Waals surface area contributed by atoms with Crippen LogP contribution in [0.25, 0.3) is 10.9 Å². The first kappa shape index (κ1) is 16.5. The topological polar surface area (TPSA) is 100 Å². The Morgan fingerprint density at radius 1 is 1.08 bits per heavy atom. The summed E-state index contributed by atoms with van der Waals surface area (Å²) in [6.45, 7) is 0.377. The second-order valence-electron chi connectivity index (χ2n) is 6.40. The predicted molar refractivity (Wildman–Crippen MR) is 93.6 cm³/mol. The average Bonchev–Trinajstić information content (AvgIpc) is 3.01. The van der Waals surface area contributed by atoms with Crippen LogP contribution >= 0.6 is 0 Å². The average molecular weight is 328 g/mol. The number of fused-ring (bicyclic) bond motifs is 1. The van der Waals surface area contributed by atoms with Gasteiger partial charge in [0.1, 0.15) is 5.69 Å². The number of hydrogen-bond donors (Lipinski definition) is 4. The first-order valence-electron chi connectivity index (χ1n) is 8.54. The molecule has 0 unspecified atom stereocenters. The van der Waals surface area contributed by atoms with Crippen molar-refractivity contribution in [2.24, 2.45) is 5.73 Å². The number of H-pyrrole nitrogens is 1. The lowest BCUT2D eigenvalue weighted by Crippen LogP contribution is -2.44. The van der Waals surface area contributed by atoms with Crippen LogP contribution in [-0.4, -0.2) is 35.4 Å². The summed E-state index contributed by atoms with van der Waals surface area (Å²) in [5.41, 5.74) is 6.94. The lowest BCUT2D eigenvalue weighted by molar-refractivity contribution is -0.121. The van der Waals surface area contributed by atoms with Crippen molar-refractivity contribution in [2.45, 2.75) is 44.2 Å². The van der Waals surface area contributed by atoms with E-state index in [0.29, 0.717) is 18.7 Å². The van der Waals surface area contributed by atoms with Crippen molar-refractivity contribution in [1.29, 1.82) is 0 Å². The Morgan fingerprint density at radius 3 is 2.42 bits per heavy atom. The zero-order chi connectivity index (χ0) is 16.9. The Bertz CT molecular complexity index is 684. The van der Waals surface area contributed by atoms with Crippen LogP contribution in [0.4, 0.5) is 0 Å². The summed E-state index contributed by atoms with van der Waals surface area (Å²) in [7, 11) is 0. The Balaban J connectivity index is 1.50. The SMILES string of the molecule is NCCC(=O)N[C@H]1CC[C@H](NC(=O)c2cc3ccccc3[nH]2)CC1. The smallest absolute Gasteiger partial charge is 0.267 e. The monoisotopic (exact) mass is 328 g/mol. The van der Waals surface area contributed by atoms with E-state index >= 15 is 0 Å². The molecule has 1 heterocycles. The zero-order valence-corrected chi connectivity index (χ0v) is 13.7. The van der Waals surface area contributed by atoms with Crippen LogP contribution in [0.5, 0.6) is 0 Å². The summed E-state index contributed by atoms with van der Waals surface area (Å²) in [6, 6.07) is 10.1. The van der Waals surface area contributed by atoms with Crippen LogP contribution in [-0.2, 0) is 4.79 Å². The summed E-state index contributed by atoms with van der Waals surface area (Å²) < 4.78 is 0. The minimum Gasteiger partial charge on any atom is -0.353 e. The van der Waals surface area contributed by atoms with Gasteiger partial charge in [0.15, 0.2) is 0 Å². The van der Waals surface area contributed by atoms with Gasteiger partial charge in [0.05, 0.1) is 0 Å². The van der Waals surface area contributed by atoms with Gasteiger partial charge in [-0.3, -0.25) is 9.59 Å². The number of aromatic nitrogens is 1. The van der Waals surface area contributed by atoms with E-state index in [1.165, 1.54) is 0 Å². The molecule has 0 saturated heterocycles. The number of nitrogens with two attached hydrogens (primary N) is 1. The molecule has 1 aromatic carbocycles. The van der Waals surface area contributed by atoms with Gasteiger partial charge in [-0.2, -0.15) is 0 Å². The third-order valence-electron chi connectivity index (χ3n) is 4.57. The number of amides is 2. The molecule has 1 aliphatic carbocycles. The number of hydrogen-bond acceptors (Lipinski definition) is 3. The van der Waals surface area contributed by atoms with Gasteiger partial charge < -0.3 is 21.4 Å². The molecule has 2 amide bonds. The van der Waals surface area contributed by atoms with Crippen molar-refractivity contribution in [3.8, 4) is 0 Å². The highest BCUT2D eigenvalue weighted by Gasteiger charge is 2.24. The summed E-state index contributed by atoms with van der Waals surface area (Å²) in [5, 5.41) is 7.13. The molecule has 0 spiro atoms. The summed E-state index contributed by atoms with van der Waals surface area (Å²) in [5.74, 6) is -0.0510. The molecule has 3 rings (SSSR count). The van der Waals surface area contributed by atoms with E-state index in [2.05, 4.69) is 15.6 Å². The molecule has 0 bridgehead atoms. The molecule has 24 heavy (non-hydrogen) atoms. The normalized spacial score (nSPS) is 20.7. The molecular formula is C18H24N4O2. The predicted octanol–water partition coefficient (Wildman–Crippen LogP) is 1.67. The molecule has 2 aromatic rings. The van der Waals surface area contributed by atoms with E-state index in [0.717, 1.165) is 36.6 Å². The first-order chi connectivity index (χ1) is 11.7. The highest BCUT2D eigenvalue weighted by molar-refractivity contribution is 5.98. The fraction of sp³-hybridized carbons (Fsp3) is 0.444. The maximum atomic E-state index is 12.4. The third kappa shape index (κ3) is 3.94. The van der Waals surface area contributed by atoms with Crippen LogP contribution in [0.15, 0.2) is 30.3 Å². The van der Waals surface area contributed by atoms with Gasteiger partial charge in [0, 0.05) is 36.0 Å². The summed E-state index contributed by atoms with van der Waals surface area (Å²) in [6.07, 6.45) is 3.89. The number of carbonyl (C=O) groups is 2. The molecule has 6 heteroatoms. The van der Waals surface area contributed by atoms with E-state index in [-0.39, 0.29) is 23.9 Å². The maximum absolute atomic E-state index is 12.4. The van der Waals surface area contributed by atoms with Crippen molar-refractivity contribution in [2.75, 3.05) is 6.54 Å². The van der Waals surface area contributed by atoms with Gasteiger partial charge in [-0.15, -0.1) is 0 Å². The summed E-state index contributed by atoms with van der Waals surface area (Å²) in [4.78, 5) is 27.1. The Hall–Kier alpha value is -2.34. The van der Waals surface area contributed by atoms with Crippen LogP contribution in [0.2, 0.25) is 0 Å². The number of benzene rings is 1. The first-order valence-corrected chi connectivity index (χ1v) is 8.54. The van der Waals surface area contributed by atoms with Gasteiger partial charge >= 0.3 is 0 Å². The number of carbonyl (C=O) groups excluding carboxylic acids is 2. The fourth-order valence-corrected chi connectivity index (χ4v) is 3.27. The highest BCUT2D eigenvalue weighted by Crippen LogP contribution is 2.20. The van der Waals surface area contributed by atoms with Gasteiger partial charge in [-0.25, -0.2) is 0 Å². The quantitative estimate of drug-likeness (QED) is 0.672. The van der Waals surface area contributed by atoms with Crippen LogP contribution < -0.4 is 16.4 Å². The second-order valence-corrected chi connectivity index (χ2v) is 6.40. The van der Waals surface area contributed by atoms with E-state index in [9.17, 15) is 9.59 Å². The van der Waals surface area contributed by atoms with Gasteiger partial charge in [-0.1, -0.05) is 18.2 Å². The lowest BCUT2D eigenvalue weighted by Gasteiger charge is -2.29.